The molecule has 0 spiro atoms. The van der Waals surface area contributed by atoms with Gasteiger partial charge in [-0.2, -0.15) is 0 Å². The van der Waals surface area contributed by atoms with Crippen LogP contribution in [0.3, 0.4) is 0 Å². The molecule has 0 fully saturated rings. The van der Waals surface area contributed by atoms with E-state index in [0.717, 1.165) is 49.4 Å². The Morgan fingerprint density at radius 3 is 1.63 bits per heavy atom. The Morgan fingerprint density at radius 2 is 0.939 bits per heavy atom. The van der Waals surface area contributed by atoms with Gasteiger partial charge in [0.25, 0.3) is 0 Å². The first kappa shape index (κ1) is 19.4. The van der Waals surface area contributed by atoms with Crippen molar-refractivity contribution in [3.8, 4) is 44.5 Å². The fourth-order valence-electron chi connectivity index (χ4n) is 7.26. The molecule has 10 aromatic rings. The molecule has 0 aliphatic rings. The molecule has 0 saturated carbocycles. The van der Waals surface area contributed by atoms with E-state index in [4.69, 9.17) is 16.8 Å². The summed E-state index contributed by atoms with van der Waals surface area (Å²) in [5.74, 6) is 0. The van der Waals surface area contributed by atoms with Gasteiger partial charge >= 0.3 is 0 Å². The number of benzene rings is 9. The molecule has 0 atom stereocenters. The number of hydrogen-bond donors (Lipinski definition) is 0. The summed E-state index contributed by atoms with van der Waals surface area (Å²) >= 11 is 0. The van der Waals surface area contributed by atoms with Gasteiger partial charge in [0.15, 0.2) is 0 Å². The van der Waals surface area contributed by atoms with Crippen LogP contribution >= 0.6 is 0 Å². The zero-order chi connectivity index (χ0) is 41.0. The molecule has 0 amide bonds. The Morgan fingerprint density at radius 1 is 0.367 bits per heavy atom. The standard InChI is InChI=1S/C48H30O/c1-3-14-31(15-4-1)32-26-28-34(29-27-32)45-36-19-8-10-21-38(36)46(39-22-11-9-20-37(39)45)41-24-13-25-44-47(41)43-30-42(33-16-5-2-6-17-33)35-18-7-12-23-40(35)48(43)49-44/h1-30H/i2D,5D,6D,7D,12D,16D,17D,18D,23D,30D. The van der Waals surface area contributed by atoms with E-state index in [1.54, 1.807) is 6.07 Å². The predicted octanol–water partition coefficient (Wildman–Crippen LogP) is 13.7. The Kier molecular flexibility index (Phi) is 4.39. The lowest BCUT2D eigenvalue weighted by molar-refractivity contribution is 0.673. The minimum atomic E-state index is -0.625. The zero-order valence-electron chi connectivity index (χ0n) is 36.0. The first-order valence-corrected chi connectivity index (χ1v) is 16.0. The second kappa shape index (κ2) is 11.1. The number of furan rings is 1. The lowest BCUT2D eigenvalue weighted by Crippen LogP contribution is -1.91. The summed E-state index contributed by atoms with van der Waals surface area (Å²) in [6.07, 6.45) is 0. The fourth-order valence-corrected chi connectivity index (χ4v) is 7.26. The van der Waals surface area contributed by atoms with Crippen LogP contribution in [0.1, 0.15) is 13.7 Å². The van der Waals surface area contributed by atoms with Crippen molar-refractivity contribution in [1.29, 1.82) is 0 Å². The van der Waals surface area contributed by atoms with E-state index in [1.165, 1.54) is 0 Å². The molecule has 1 aromatic heterocycles. The van der Waals surface area contributed by atoms with Crippen LogP contribution in [-0.4, -0.2) is 0 Å². The lowest BCUT2D eigenvalue weighted by atomic mass is 9.84. The summed E-state index contributed by atoms with van der Waals surface area (Å²) in [6, 6.07) is 35.2. The minimum absolute atomic E-state index is 0.0410. The SMILES string of the molecule is [2H]c1c([2H])c([2H])c(-c2c([2H])c3c(oc4cccc(-c5c6ccccc6c(-c6ccc(-c7ccccc7)cc6)c6ccccc56)c43)c3c([2H])c([2H])c([2H])c([2H])c23)c([2H])c1[2H]. The smallest absolute Gasteiger partial charge is 0.143 e. The second-order valence-corrected chi connectivity index (χ2v) is 12.0. The fraction of sp³-hybridized carbons (Fsp3) is 0. The van der Waals surface area contributed by atoms with Crippen molar-refractivity contribution < 1.29 is 18.1 Å². The quantitative estimate of drug-likeness (QED) is 0.176. The minimum Gasteiger partial charge on any atom is -0.455 e. The highest BCUT2D eigenvalue weighted by Gasteiger charge is 2.22. The molecule has 228 valence electrons. The van der Waals surface area contributed by atoms with Crippen LogP contribution < -0.4 is 0 Å². The molecule has 10 rings (SSSR count). The third-order valence-corrected chi connectivity index (χ3v) is 9.36. The summed E-state index contributed by atoms with van der Waals surface area (Å²) in [5, 5.41) is 4.31. The van der Waals surface area contributed by atoms with Crippen LogP contribution in [0.2, 0.25) is 0 Å². The van der Waals surface area contributed by atoms with E-state index in [2.05, 4.69) is 60.7 Å². The van der Waals surface area contributed by atoms with Gasteiger partial charge in [-0.25, -0.2) is 0 Å². The monoisotopic (exact) mass is 632 g/mol. The van der Waals surface area contributed by atoms with E-state index in [0.29, 0.717) is 16.5 Å². The van der Waals surface area contributed by atoms with Gasteiger partial charge in [-0.1, -0.05) is 170 Å². The average Bonchev–Trinajstić information content (AvgIpc) is 3.67. The molecule has 1 heterocycles. The number of fused-ring (bicyclic) bond motifs is 7. The maximum atomic E-state index is 9.90. The van der Waals surface area contributed by atoms with Crippen LogP contribution in [0.25, 0.3) is 98.8 Å². The van der Waals surface area contributed by atoms with Crippen LogP contribution in [0.5, 0.6) is 0 Å². The van der Waals surface area contributed by atoms with Gasteiger partial charge in [0.2, 0.25) is 0 Å². The number of hydrogen-bond acceptors (Lipinski definition) is 1. The largest absolute Gasteiger partial charge is 0.455 e. The molecular weight excluding hydrogens is 593 g/mol. The lowest BCUT2D eigenvalue weighted by Gasteiger charge is -2.18. The molecule has 0 unspecified atom stereocenters. The third-order valence-electron chi connectivity index (χ3n) is 9.36. The van der Waals surface area contributed by atoms with Crippen molar-refractivity contribution in [2.45, 2.75) is 0 Å². The van der Waals surface area contributed by atoms with E-state index in [9.17, 15) is 1.37 Å². The molecule has 0 saturated heterocycles. The van der Waals surface area contributed by atoms with Crippen LogP contribution in [0.15, 0.2) is 186 Å². The first-order valence-electron chi connectivity index (χ1n) is 21.0. The van der Waals surface area contributed by atoms with Crippen molar-refractivity contribution in [1.82, 2.24) is 0 Å². The highest BCUT2D eigenvalue weighted by atomic mass is 16.3. The topological polar surface area (TPSA) is 13.1 Å². The molecule has 9 aromatic carbocycles. The van der Waals surface area contributed by atoms with Crippen molar-refractivity contribution >= 4 is 54.3 Å². The van der Waals surface area contributed by atoms with E-state index >= 15 is 0 Å². The van der Waals surface area contributed by atoms with E-state index < -0.39 is 54.4 Å². The van der Waals surface area contributed by atoms with Gasteiger partial charge < -0.3 is 4.42 Å². The van der Waals surface area contributed by atoms with Crippen molar-refractivity contribution in [2.75, 3.05) is 0 Å². The molecule has 0 bridgehead atoms. The summed E-state index contributed by atoms with van der Waals surface area (Å²) in [5.41, 5.74) is 5.73. The first-order chi connectivity index (χ1) is 28.5. The Hall–Kier alpha value is -6.44. The Labute approximate surface area is 298 Å². The van der Waals surface area contributed by atoms with Crippen molar-refractivity contribution in [3.63, 3.8) is 0 Å². The summed E-state index contributed by atoms with van der Waals surface area (Å²) in [4.78, 5) is 0. The number of rotatable bonds is 4. The van der Waals surface area contributed by atoms with Gasteiger partial charge in [0, 0.05) is 16.2 Å². The highest BCUT2D eigenvalue weighted by Crippen LogP contribution is 2.48. The van der Waals surface area contributed by atoms with Crippen molar-refractivity contribution in [3.05, 3.63) is 182 Å². The Bertz CT molecular complexity index is 3340. The maximum absolute atomic E-state index is 9.90. The molecule has 0 radical (unpaired) electrons. The summed E-state index contributed by atoms with van der Waals surface area (Å²) in [7, 11) is 0. The van der Waals surface area contributed by atoms with E-state index in [1.807, 2.05) is 54.6 Å². The van der Waals surface area contributed by atoms with Gasteiger partial charge in [-0.15, -0.1) is 0 Å². The van der Waals surface area contributed by atoms with Crippen LogP contribution in [-0.2, 0) is 0 Å². The normalized spacial score (nSPS) is 14.5. The van der Waals surface area contributed by atoms with E-state index in [-0.39, 0.29) is 38.9 Å². The molecule has 0 aliphatic heterocycles. The van der Waals surface area contributed by atoms with Gasteiger partial charge in [0.05, 0.1) is 13.7 Å². The second-order valence-electron chi connectivity index (χ2n) is 12.0. The molecule has 1 heteroatoms. The summed E-state index contributed by atoms with van der Waals surface area (Å²) in [6.45, 7) is 0. The Balaban J connectivity index is 1.35. The summed E-state index contributed by atoms with van der Waals surface area (Å²) < 4.78 is 95.0. The predicted molar refractivity (Wildman–Crippen MR) is 208 cm³/mol. The van der Waals surface area contributed by atoms with Gasteiger partial charge in [-0.05, 0) is 83.5 Å². The van der Waals surface area contributed by atoms with Gasteiger partial charge in [-0.3, -0.25) is 0 Å². The van der Waals surface area contributed by atoms with Crippen LogP contribution in [0.4, 0.5) is 0 Å². The molecular formula is C48H30O. The maximum Gasteiger partial charge on any atom is 0.143 e. The van der Waals surface area contributed by atoms with Gasteiger partial charge in [0.1, 0.15) is 11.2 Å². The highest BCUT2D eigenvalue weighted by molar-refractivity contribution is 6.28. The van der Waals surface area contributed by atoms with Crippen LogP contribution in [0, 0.1) is 0 Å². The molecule has 49 heavy (non-hydrogen) atoms. The average molecular weight is 633 g/mol. The molecule has 0 N–H and O–H groups in total. The molecule has 1 nitrogen and oxygen atoms in total. The van der Waals surface area contributed by atoms with Crippen molar-refractivity contribution in [2.24, 2.45) is 0 Å². The third kappa shape index (κ3) is 4.33. The molecule has 0 aliphatic carbocycles. The zero-order valence-corrected chi connectivity index (χ0v) is 26.0.